The van der Waals surface area contributed by atoms with Crippen LogP contribution >= 0.6 is 23.2 Å². The molecule has 0 saturated heterocycles. The molecule has 132 valence electrons. The fourth-order valence-corrected chi connectivity index (χ4v) is 2.88. The second-order valence-corrected chi connectivity index (χ2v) is 6.68. The molecule has 3 rings (SSSR count). The summed E-state index contributed by atoms with van der Waals surface area (Å²) in [7, 11) is 0. The van der Waals surface area contributed by atoms with Crippen molar-refractivity contribution in [2.45, 2.75) is 13.3 Å². The summed E-state index contributed by atoms with van der Waals surface area (Å²) in [5.41, 5.74) is 3.35. The molecule has 0 aliphatic carbocycles. The molecule has 0 saturated carbocycles. The van der Waals surface area contributed by atoms with Crippen LogP contribution < -0.4 is 10.6 Å². The number of amides is 1. The molecule has 2 aromatic carbocycles. The predicted octanol–water partition coefficient (Wildman–Crippen LogP) is 5.62. The first-order valence-corrected chi connectivity index (χ1v) is 8.79. The van der Waals surface area contributed by atoms with Gasteiger partial charge < -0.3 is 10.6 Å². The molecule has 6 heteroatoms. The van der Waals surface area contributed by atoms with E-state index < -0.39 is 0 Å². The van der Waals surface area contributed by atoms with Crippen molar-refractivity contribution < 1.29 is 4.79 Å². The molecule has 0 unspecified atom stereocenters. The van der Waals surface area contributed by atoms with Crippen LogP contribution in [0.15, 0.2) is 60.8 Å². The third-order valence-corrected chi connectivity index (χ3v) is 4.38. The minimum absolute atomic E-state index is 0.0921. The number of aryl methyl sites for hydroxylation is 1. The van der Waals surface area contributed by atoms with Crippen molar-refractivity contribution in [1.29, 1.82) is 0 Å². The van der Waals surface area contributed by atoms with E-state index in [0.717, 1.165) is 5.56 Å². The van der Waals surface area contributed by atoms with Crippen LogP contribution in [0.2, 0.25) is 10.0 Å². The van der Waals surface area contributed by atoms with Crippen LogP contribution in [0.25, 0.3) is 0 Å². The molecule has 0 radical (unpaired) electrons. The van der Waals surface area contributed by atoms with Crippen molar-refractivity contribution in [3.63, 3.8) is 0 Å². The standard InChI is InChI=1S/C20H17Cl2N3O/c1-13-5-7-14(8-6-13)11-19(26)24-15-9-10-18(23-12-15)25-20-16(21)3-2-4-17(20)22/h2-10,12H,11H2,1H3,(H,23,25)(H,24,26). The summed E-state index contributed by atoms with van der Waals surface area (Å²) >= 11 is 12.3. The molecule has 2 N–H and O–H groups in total. The topological polar surface area (TPSA) is 54.0 Å². The minimum Gasteiger partial charge on any atom is -0.338 e. The maximum Gasteiger partial charge on any atom is 0.228 e. The van der Waals surface area contributed by atoms with Gasteiger partial charge in [-0.25, -0.2) is 4.98 Å². The summed E-state index contributed by atoms with van der Waals surface area (Å²) < 4.78 is 0. The van der Waals surface area contributed by atoms with Crippen molar-refractivity contribution in [3.05, 3.63) is 82.0 Å². The Balaban J connectivity index is 1.62. The third-order valence-electron chi connectivity index (χ3n) is 3.75. The van der Waals surface area contributed by atoms with Gasteiger partial charge in [0.25, 0.3) is 0 Å². The molecule has 0 atom stereocenters. The van der Waals surface area contributed by atoms with Gasteiger partial charge in [-0.2, -0.15) is 0 Å². The van der Waals surface area contributed by atoms with Gasteiger partial charge in [-0.1, -0.05) is 59.1 Å². The molecule has 0 spiro atoms. The molecule has 26 heavy (non-hydrogen) atoms. The van der Waals surface area contributed by atoms with Gasteiger partial charge in [-0.15, -0.1) is 0 Å². The third kappa shape index (κ3) is 4.75. The molecule has 0 fully saturated rings. The number of pyridine rings is 1. The van der Waals surface area contributed by atoms with Crippen LogP contribution in [-0.4, -0.2) is 10.9 Å². The first-order valence-electron chi connectivity index (χ1n) is 8.04. The maximum absolute atomic E-state index is 12.1. The van der Waals surface area contributed by atoms with Crippen molar-refractivity contribution in [2.75, 3.05) is 10.6 Å². The van der Waals surface area contributed by atoms with Crippen LogP contribution in [0.3, 0.4) is 0 Å². The number of halogens is 2. The number of aromatic nitrogens is 1. The van der Waals surface area contributed by atoms with E-state index in [0.29, 0.717) is 33.7 Å². The number of nitrogens with zero attached hydrogens (tertiary/aromatic N) is 1. The summed E-state index contributed by atoms with van der Waals surface area (Å²) in [6.45, 7) is 2.01. The summed E-state index contributed by atoms with van der Waals surface area (Å²) in [4.78, 5) is 16.4. The van der Waals surface area contributed by atoms with E-state index in [2.05, 4.69) is 15.6 Å². The molecular weight excluding hydrogens is 369 g/mol. The summed E-state index contributed by atoms with van der Waals surface area (Å²) in [6, 6.07) is 16.7. The first kappa shape index (κ1) is 18.2. The monoisotopic (exact) mass is 385 g/mol. The Morgan fingerprint density at radius 1 is 1.00 bits per heavy atom. The second-order valence-electron chi connectivity index (χ2n) is 5.86. The zero-order valence-corrected chi connectivity index (χ0v) is 15.6. The zero-order valence-electron chi connectivity index (χ0n) is 14.1. The van der Waals surface area contributed by atoms with Gasteiger partial charge in [0.05, 0.1) is 34.0 Å². The van der Waals surface area contributed by atoms with Gasteiger partial charge in [0.1, 0.15) is 5.82 Å². The summed E-state index contributed by atoms with van der Waals surface area (Å²) in [6.07, 6.45) is 1.90. The smallest absolute Gasteiger partial charge is 0.228 e. The Morgan fingerprint density at radius 3 is 2.31 bits per heavy atom. The van der Waals surface area contributed by atoms with E-state index in [-0.39, 0.29) is 5.91 Å². The quantitative estimate of drug-likeness (QED) is 0.598. The molecule has 0 aliphatic heterocycles. The van der Waals surface area contributed by atoms with Crippen LogP contribution in [0.1, 0.15) is 11.1 Å². The van der Waals surface area contributed by atoms with E-state index in [1.54, 1.807) is 36.5 Å². The maximum atomic E-state index is 12.1. The van der Waals surface area contributed by atoms with Gasteiger partial charge >= 0.3 is 0 Å². The average Bonchev–Trinajstić information content (AvgIpc) is 2.62. The van der Waals surface area contributed by atoms with E-state index >= 15 is 0 Å². The molecule has 0 aliphatic rings. The first-order chi connectivity index (χ1) is 12.5. The number of anilines is 3. The molecule has 1 heterocycles. The Hall–Kier alpha value is -2.56. The molecular formula is C20H17Cl2N3O. The lowest BCUT2D eigenvalue weighted by atomic mass is 10.1. The molecule has 4 nitrogen and oxygen atoms in total. The Kier molecular flexibility index (Phi) is 5.76. The van der Waals surface area contributed by atoms with E-state index in [9.17, 15) is 4.79 Å². The number of benzene rings is 2. The normalized spacial score (nSPS) is 10.4. The molecule has 0 bridgehead atoms. The highest BCUT2D eigenvalue weighted by molar-refractivity contribution is 6.39. The highest BCUT2D eigenvalue weighted by Crippen LogP contribution is 2.32. The minimum atomic E-state index is -0.0921. The highest BCUT2D eigenvalue weighted by atomic mass is 35.5. The Labute approximate surface area is 162 Å². The highest BCUT2D eigenvalue weighted by Gasteiger charge is 2.08. The van der Waals surface area contributed by atoms with Crippen LogP contribution in [-0.2, 0) is 11.2 Å². The average molecular weight is 386 g/mol. The number of carbonyl (C=O) groups excluding carboxylic acids is 1. The lowest BCUT2D eigenvalue weighted by Crippen LogP contribution is -2.14. The lowest BCUT2D eigenvalue weighted by molar-refractivity contribution is -0.115. The van der Waals surface area contributed by atoms with Crippen molar-refractivity contribution >= 4 is 46.3 Å². The van der Waals surface area contributed by atoms with Crippen molar-refractivity contribution in [3.8, 4) is 0 Å². The van der Waals surface area contributed by atoms with E-state index in [1.807, 2.05) is 31.2 Å². The van der Waals surface area contributed by atoms with Crippen molar-refractivity contribution in [1.82, 2.24) is 4.98 Å². The summed E-state index contributed by atoms with van der Waals surface area (Å²) in [5.74, 6) is 0.488. The predicted molar refractivity (Wildman–Crippen MR) is 107 cm³/mol. The summed E-state index contributed by atoms with van der Waals surface area (Å²) in [5, 5.41) is 6.93. The van der Waals surface area contributed by atoms with E-state index in [1.165, 1.54) is 5.56 Å². The molecule has 1 amide bonds. The lowest BCUT2D eigenvalue weighted by Gasteiger charge is -2.10. The largest absolute Gasteiger partial charge is 0.338 e. The van der Waals surface area contributed by atoms with Crippen LogP contribution in [0.4, 0.5) is 17.2 Å². The van der Waals surface area contributed by atoms with Gasteiger partial charge in [-0.3, -0.25) is 4.79 Å². The van der Waals surface area contributed by atoms with Gasteiger partial charge in [0.15, 0.2) is 0 Å². The number of nitrogens with one attached hydrogen (secondary N) is 2. The second kappa shape index (κ2) is 8.21. The Morgan fingerprint density at radius 2 is 1.69 bits per heavy atom. The number of carbonyl (C=O) groups is 1. The SMILES string of the molecule is Cc1ccc(CC(=O)Nc2ccc(Nc3c(Cl)cccc3Cl)nc2)cc1. The van der Waals surface area contributed by atoms with Crippen molar-refractivity contribution in [2.24, 2.45) is 0 Å². The zero-order chi connectivity index (χ0) is 18.5. The fourth-order valence-electron chi connectivity index (χ4n) is 2.38. The fraction of sp³-hybridized carbons (Fsp3) is 0.100. The number of para-hydroxylation sites is 1. The van der Waals surface area contributed by atoms with Gasteiger partial charge in [0.2, 0.25) is 5.91 Å². The van der Waals surface area contributed by atoms with Crippen LogP contribution in [0.5, 0.6) is 0 Å². The van der Waals surface area contributed by atoms with E-state index in [4.69, 9.17) is 23.2 Å². The molecule has 1 aromatic heterocycles. The Bertz CT molecular complexity index is 889. The molecule has 3 aromatic rings. The van der Waals surface area contributed by atoms with Gasteiger partial charge in [-0.05, 0) is 36.8 Å². The number of rotatable bonds is 5. The number of hydrogen-bond donors (Lipinski definition) is 2. The number of hydrogen-bond acceptors (Lipinski definition) is 3. The van der Waals surface area contributed by atoms with Gasteiger partial charge in [0, 0.05) is 0 Å². The van der Waals surface area contributed by atoms with Crippen LogP contribution in [0, 0.1) is 6.92 Å².